The molecule has 8 aliphatic rings. The first-order valence-electron chi connectivity index (χ1n) is 19.1. The lowest BCUT2D eigenvalue weighted by Gasteiger charge is -2.50. The molecule has 47 heavy (non-hydrogen) atoms. The second-order valence-electron chi connectivity index (χ2n) is 16.2. The zero-order valence-electron chi connectivity index (χ0n) is 28.2. The minimum absolute atomic E-state index is 0.0576. The molecule has 0 bridgehead atoms. The predicted octanol–water partition coefficient (Wildman–Crippen LogP) is 8.88. The van der Waals surface area contributed by atoms with E-state index >= 15 is 0 Å². The van der Waals surface area contributed by atoms with Gasteiger partial charge in [0.15, 0.2) is 0 Å². The quantitative estimate of drug-likeness (QED) is 0.340. The molecule has 3 aliphatic heterocycles. The van der Waals surface area contributed by atoms with Gasteiger partial charge in [0.25, 0.3) is 0 Å². The molecule has 2 saturated heterocycles. The van der Waals surface area contributed by atoms with E-state index in [1.54, 1.807) is 0 Å². The van der Waals surface area contributed by atoms with Crippen molar-refractivity contribution >= 4 is 5.57 Å². The minimum atomic E-state index is 0.0576. The van der Waals surface area contributed by atoms with Crippen LogP contribution < -0.4 is 5.32 Å². The van der Waals surface area contributed by atoms with Gasteiger partial charge in [-0.05, 0) is 124 Å². The summed E-state index contributed by atoms with van der Waals surface area (Å²) in [6.45, 7) is 2.56. The van der Waals surface area contributed by atoms with Gasteiger partial charge in [0.05, 0.1) is 29.2 Å². The maximum absolute atomic E-state index is 9.39. The summed E-state index contributed by atoms with van der Waals surface area (Å²) < 4.78 is 0. The molecule has 1 aromatic carbocycles. The fraction of sp³-hybridized carbons (Fsp3) is 0.558. The number of nitrogens with one attached hydrogen (secondary N) is 1. The summed E-state index contributed by atoms with van der Waals surface area (Å²) in [5.74, 6) is 5.37. The van der Waals surface area contributed by atoms with Crippen LogP contribution >= 0.6 is 0 Å². The summed E-state index contributed by atoms with van der Waals surface area (Å²) in [5, 5.41) is 13.8. The highest BCUT2D eigenvalue weighted by Gasteiger charge is 2.57. The molecule has 4 nitrogen and oxygen atoms in total. The lowest BCUT2D eigenvalue weighted by molar-refractivity contribution is 0.0514. The average Bonchev–Trinajstić information content (AvgIpc) is 3.61. The summed E-state index contributed by atoms with van der Waals surface area (Å²) >= 11 is 0. The topological polar surface area (TPSA) is 42.3 Å². The van der Waals surface area contributed by atoms with Crippen molar-refractivity contribution in [1.82, 2.24) is 15.1 Å². The van der Waals surface area contributed by atoms with Gasteiger partial charge in [0.2, 0.25) is 0 Å². The van der Waals surface area contributed by atoms with Crippen molar-refractivity contribution in [2.45, 2.75) is 114 Å². The zero-order chi connectivity index (χ0) is 31.5. The molecule has 0 aromatic heterocycles. The summed E-state index contributed by atoms with van der Waals surface area (Å²) in [7, 11) is 0. The van der Waals surface area contributed by atoms with Gasteiger partial charge in [-0.2, -0.15) is 5.26 Å². The van der Waals surface area contributed by atoms with Gasteiger partial charge < -0.3 is 10.2 Å². The van der Waals surface area contributed by atoms with Gasteiger partial charge in [0, 0.05) is 30.0 Å². The van der Waals surface area contributed by atoms with Crippen molar-refractivity contribution in [2.24, 2.45) is 35.5 Å². The van der Waals surface area contributed by atoms with Crippen LogP contribution in [-0.4, -0.2) is 39.6 Å². The van der Waals surface area contributed by atoms with E-state index in [1.807, 2.05) is 12.1 Å². The lowest BCUT2D eigenvalue weighted by atomic mass is 9.72. The lowest BCUT2D eigenvalue weighted by Crippen LogP contribution is -2.59. The Morgan fingerprint density at radius 1 is 0.872 bits per heavy atom. The molecule has 3 heterocycles. The van der Waals surface area contributed by atoms with Crippen LogP contribution in [0.3, 0.4) is 0 Å². The number of nitrogens with zero attached hydrogens (tertiary/aromatic N) is 3. The first-order chi connectivity index (χ1) is 23.1. The number of benzene rings is 1. The first kappa shape index (κ1) is 29.8. The average molecular weight is 625 g/mol. The molecule has 244 valence electrons. The molecule has 11 unspecified atom stereocenters. The number of fused-ring (bicyclic) bond motifs is 6. The second-order valence-corrected chi connectivity index (χ2v) is 16.2. The van der Waals surface area contributed by atoms with E-state index in [1.165, 1.54) is 81.2 Å². The molecule has 1 aromatic rings. The molecule has 4 heteroatoms. The van der Waals surface area contributed by atoms with Crippen LogP contribution in [0.2, 0.25) is 0 Å². The van der Waals surface area contributed by atoms with E-state index in [4.69, 9.17) is 0 Å². The van der Waals surface area contributed by atoms with Gasteiger partial charge in [-0.3, -0.25) is 4.90 Å². The van der Waals surface area contributed by atoms with Crippen LogP contribution in [0.15, 0.2) is 90.8 Å². The van der Waals surface area contributed by atoms with Crippen LogP contribution in [0.4, 0.5) is 0 Å². The fourth-order valence-electron chi connectivity index (χ4n) is 11.9. The molecule has 1 saturated carbocycles. The molecular weight excluding hydrogens is 573 g/mol. The summed E-state index contributed by atoms with van der Waals surface area (Å²) in [5.41, 5.74) is 3.58. The Kier molecular flexibility index (Phi) is 7.61. The molecule has 9 rings (SSSR count). The van der Waals surface area contributed by atoms with Gasteiger partial charge in [-0.1, -0.05) is 79.7 Å². The normalized spacial score (nSPS) is 42.0. The first-order valence-corrected chi connectivity index (χ1v) is 19.1. The SMILES string of the molecule is CC12C=CCCC1C1C=CCCC1N2C1=CC(C2CCC=C(c3ccc(C#N)cc3)C2)CC(N2C3C=CC=CC3C3CCCCC32)N1. The number of hydrogen-bond donors (Lipinski definition) is 1. The molecule has 0 spiro atoms. The molecule has 1 N–H and O–H groups in total. The highest BCUT2D eigenvalue weighted by molar-refractivity contribution is 5.67. The fourth-order valence-corrected chi connectivity index (χ4v) is 11.9. The molecular formula is C43H52N4. The molecule has 11 atom stereocenters. The summed E-state index contributed by atoms with van der Waals surface area (Å²) in [6.07, 6.45) is 40.7. The second kappa shape index (κ2) is 12.0. The van der Waals surface area contributed by atoms with Crippen LogP contribution in [-0.2, 0) is 0 Å². The predicted molar refractivity (Wildman–Crippen MR) is 190 cm³/mol. The van der Waals surface area contributed by atoms with Crippen molar-refractivity contribution in [3.8, 4) is 6.07 Å². The van der Waals surface area contributed by atoms with Crippen molar-refractivity contribution in [3.05, 3.63) is 102 Å². The zero-order valence-corrected chi connectivity index (χ0v) is 28.2. The monoisotopic (exact) mass is 624 g/mol. The maximum atomic E-state index is 9.39. The van der Waals surface area contributed by atoms with E-state index in [2.05, 4.69) is 101 Å². The highest BCUT2D eigenvalue weighted by Crippen LogP contribution is 2.55. The Balaban J connectivity index is 1.09. The van der Waals surface area contributed by atoms with Crippen molar-refractivity contribution in [2.75, 3.05) is 0 Å². The van der Waals surface area contributed by atoms with Gasteiger partial charge in [-0.15, -0.1) is 0 Å². The Bertz CT molecular complexity index is 1590. The van der Waals surface area contributed by atoms with E-state index in [0.717, 1.165) is 24.3 Å². The van der Waals surface area contributed by atoms with Crippen LogP contribution in [0.25, 0.3) is 5.57 Å². The highest BCUT2D eigenvalue weighted by atomic mass is 15.4. The number of rotatable bonds is 4. The maximum Gasteiger partial charge on any atom is 0.0996 e. The van der Waals surface area contributed by atoms with Gasteiger partial charge in [-0.25, -0.2) is 0 Å². The minimum Gasteiger partial charge on any atom is -0.356 e. The third kappa shape index (κ3) is 4.94. The Morgan fingerprint density at radius 3 is 2.62 bits per heavy atom. The standard InChI is InChI=1S/C43H52N4/c1-43-24-9-8-16-37(43)36-15-4-7-19-40(36)47(43)42-27-33(32-12-10-11-31(25-32)30-22-20-29(28-44)21-23-30)26-41(45-42)46-38-17-5-2-13-34(38)35-14-3-6-18-39(35)46/h2,4-5,9,11,13,15,17,20-24,27,32-41,45H,3,6-8,10,12,14,16,18-19,25-26H2,1H3. The molecule has 0 radical (unpaired) electrons. The third-order valence-corrected chi connectivity index (χ3v) is 13.9. The number of nitriles is 1. The third-order valence-electron chi connectivity index (χ3n) is 13.9. The molecule has 0 amide bonds. The van der Waals surface area contributed by atoms with Crippen LogP contribution in [0.1, 0.15) is 95.1 Å². The van der Waals surface area contributed by atoms with Crippen molar-refractivity contribution in [3.63, 3.8) is 0 Å². The van der Waals surface area contributed by atoms with Gasteiger partial charge >= 0.3 is 0 Å². The number of hydrogen-bond acceptors (Lipinski definition) is 4. The largest absolute Gasteiger partial charge is 0.356 e. The molecule has 5 aliphatic carbocycles. The van der Waals surface area contributed by atoms with E-state index in [9.17, 15) is 5.26 Å². The van der Waals surface area contributed by atoms with E-state index in [-0.39, 0.29) is 5.54 Å². The smallest absolute Gasteiger partial charge is 0.0996 e. The number of likely N-dealkylation sites (tertiary alicyclic amines) is 2. The summed E-state index contributed by atoms with van der Waals surface area (Å²) in [6, 6.07) is 12.4. The van der Waals surface area contributed by atoms with Crippen molar-refractivity contribution in [1.29, 1.82) is 5.26 Å². The summed E-state index contributed by atoms with van der Waals surface area (Å²) in [4.78, 5) is 5.92. The van der Waals surface area contributed by atoms with Gasteiger partial charge in [0.1, 0.15) is 0 Å². The van der Waals surface area contributed by atoms with Crippen molar-refractivity contribution < 1.29 is 0 Å². The Morgan fingerprint density at radius 2 is 1.72 bits per heavy atom. The number of allylic oxidation sites excluding steroid dienone is 7. The van der Waals surface area contributed by atoms with E-state index in [0.29, 0.717) is 53.9 Å². The van der Waals surface area contributed by atoms with Crippen LogP contribution in [0, 0.1) is 46.8 Å². The Labute approximate surface area is 282 Å². The van der Waals surface area contributed by atoms with E-state index < -0.39 is 0 Å². The molecule has 3 fully saturated rings. The van der Waals surface area contributed by atoms with Crippen LogP contribution in [0.5, 0.6) is 0 Å². The Hall–Kier alpha value is -3.29.